The average Bonchev–Trinajstić information content (AvgIpc) is 2.88. The number of carbonyl (C=O) groups excluding carboxylic acids is 3. The molecule has 0 radical (unpaired) electrons. The number of halogens is 3. The van der Waals surface area contributed by atoms with E-state index in [2.05, 4.69) is 9.97 Å². The van der Waals surface area contributed by atoms with Crippen LogP contribution in [0.2, 0.25) is 0 Å². The van der Waals surface area contributed by atoms with Gasteiger partial charge in [0.1, 0.15) is 17.9 Å². The first-order valence-corrected chi connectivity index (χ1v) is 12.2. The molecule has 1 unspecified atom stereocenters. The van der Waals surface area contributed by atoms with Crippen LogP contribution in [0.3, 0.4) is 0 Å². The van der Waals surface area contributed by atoms with Crippen molar-refractivity contribution in [3.05, 3.63) is 48.4 Å². The molecule has 1 saturated carbocycles. The zero-order chi connectivity index (χ0) is 26.7. The molecule has 1 saturated heterocycles. The van der Waals surface area contributed by atoms with Crippen LogP contribution in [0.4, 0.5) is 29.5 Å². The highest BCUT2D eigenvalue weighted by Crippen LogP contribution is 2.37. The van der Waals surface area contributed by atoms with Crippen LogP contribution < -0.4 is 16.0 Å². The Balaban J connectivity index is 1.60. The predicted molar refractivity (Wildman–Crippen MR) is 129 cm³/mol. The first-order chi connectivity index (χ1) is 17.6. The molecule has 3 atom stereocenters. The quantitative estimate of drug-likeness (QED) is 0.566. The minimum atomic E-state index is -4.69. The number of rotatable bonds is 6. The van der Waals surface area contributed by atoms with E-state index < -0.39 is 47.9 Å². The van der Waals surface area contributed by atoms with E-state index in [1.807, 2.05) is 5.32 Å². The van der Waals surface area contributed by atoms with Crippen LogP contribution in [0, 0.1) is 11.8 Å². The van der Waals surface area contributed by atoms with Crippen LogP contribution >= 0.6 is 0 Å². The summed E-state index contributed by atoms with van der Waals surface area (Å²) in [6.07, 6.45) is 2.59. The SMILES string of the molecule is CN(C(=O)[C@@H]1[C@@H](Cc2ccnc(N)c2)C(=O)N1C(=O)NC(C1CCCCC1)C(F)(F)F)c1ccncc1. The number of hydrogen-bond donors (Lipinski definition) is 2. The normalized spacial score (nSPS) is 21.2. The third-order valence-corrected chi connectivity index (χ3v) is 7.12. The zero-order valence-electron chi connectivity index (χ0n) is 20.3. The molecule has 2 aromatic rings. The van der Waals surface area contributed by atoms with Crippen LogP contribution in [0.1, 0.15) is 37.7 Å². The Labute approximate surface area is 212 Å². The van der Waals surface area contributed by atoms with Crippen molar-refractivity contribution in [3.8, 4) is 0 Å². The topological polar surface area (TPSA) is 122 Å². The molecule has 0 aromatic carbocycles. The van der Waals surface area contributed by atoms with E-state index >= 15 is 0 Å². The third-order valence-electron chi connectivity index (χ3n) is 7.12. The summed E-state index contributed by atoms with van der Waals surface area (Å²) in [4.78, 5) is 49.5. The monoisotopic (exact) mass is 518 g/mol. The second-order valence-corrected chi connectivity index (χ2v) is 9.52. The fourth-order valence-corrected chi connectivity index (χ4v) is 5.16. The van der Waals surface area contributed by atoms with E-state index in [0.29, 0.717) is 41.8 Å². The largest absolute Gasteiger partial charge is 0.408 e. The maximum absolute atomic E-state index is 13.9. The van der Waals surface area contributed by atoms with Gasteiger partial charge < -0.3 is 16.0 Å². The van der Waals surface area contributed by atoms with Gasteiger partial charge in [-0.25, -0.2) is 9.78 Å². The lowest BCUT2D eigenvalue weighted by Crippen LogP contribution is -2.71. The number of alkyl halides is 3. The number of nitrogens with one attached hydrogen (secondary N) is 1. The smallest absolute Gasteiger partial charge is 0.384 e. The first kappa shape index (κ1) is 26.4. The number of pyridine rings is 2. The number of nitrogens with zero attached hydrogens (tertiary/aromatic N) is 4. The van der Waals surface area contributed by atoms with Crippen molar-refractivity contribution in [1.82, 2.24) is 20.2 Å². The molecule has 12 heteroatoms. The van der Waals surface area contributed by atoms with E-state index in [9.17, 15) is 27.6 Å². The summed E-state index contributed by atoms with van der Waals surface area (Å²) >= 11 is 0. The lowest BCUT2D eigenvalue weighted by Gasteiger charge is -2.46. The van der Waals surface area contributed by atoms with E-state index in [0.717, 1.165) is 6.42 Å². The summed E-state index contributed by atoms with van der Waals surface area (Å²) in [5, 5.41) is 2.05. The van der Waals surface area contributed by atoms with Crippen molar-refractivity contribution in [1.29, 1.82) is 0 Å². The van der Waals surface area contributed by atoms with Crippen LogP contribution in [0.25, 0.3) is 0 Å². The highest BCUT2D eigenvalue weighted by molar-refractivity contribution is 6.12. The van der Waals surface area contributed by atoms with Crippen LogP contribution in [-0.2, 0) is 16.0 Å². The van der Waals surface area contributed by atoms with Gasteiger partial charge in [0.15, 0.2) is 0 Å². The Morgan fingerprint density at radius 2 is 1.84 bits per heavy atom. The number of nitrogens with two attached hydrogens (primary N) is 1. The summed E-state index contributed by atoms with van der Waals surface area (Å²) in [6, 6.07) is 1.72. The van der Waals surface area contributed by atoms with Gasteiger partial charge in [-0.3, -0.25) is 19.5 Å². The van der Waals surface area contributed by atoms with Crippen LogP contribution in [0.5, 0.6) is 0 Å². The van der Waals surface area contributed by atoms with Gasteiger partial charge in [-0.2, -0.15) is 13.2 Å². The third kappa shape index (κ3) is 5.67. The van der Waals surface area contributed by atoms with Gasteiger partial charge in [0, 0.05) is 31.3 Å². The first-order valence-electron chi connectivity index (χ1n) is 12.2. The molecule has 3 heterocycles. The molecule has 4 amide bonds. The number of aromatic nitrogens is 2. The fourth-order valence-electron chi connectivity index (χ4n) is 5.16. The Bertz CT molecular complexity index is 1140. The highest BCUT2D eigenvalue weighted by atomic mass is 19.4. The molecule has 3 N–H and O–H groups in total. The summed E-state index contributed by atoms with van der Waals surface area (Å²) in [6.45, 7) is 0. The Morgan fingerprint density at radius 1 is 1.16 bits per heavy atom. The van der Waals surface area contributed by atoms with Gasteiger partial charge in [0.25, 0.3) is 5.91 Å². The van der Waals surface area contributed by atoms with Gasteiger partial charge in [0.2, 0.25) is 5.91 Å². The molecule has 0 spiro atoms. The molecule has 1 aliphatic heterocycles. The molecule has 2 fully saturated rings. The van der Waals surface area contributed by atoms with Gasteiger partial charge in [-0.05, 0) is 55.0 Å². The number of anilines is 2. The number of amides is 4. The lowest BCUT2D eigenvalue weighted by atomic mass is 9.81. The van der Waals surface area contributed by atoms with Crippen molar-refractivity contribution < 1.29 is 27.6 Å². The van der Waals surface area contributed by atoms with Crippen LogP contribution in [0.15, 0.2) is 42.9 Å². The van der Waals surface area contributed by atoms with Crippen molar-refractivity contribution >= 4 is 29.4 Å². The number of nitrogen functional groups attached to an aromatic ring is 1. The van der Waals surface area contributed by atoms with Gasteiger partial charge >= 0.3 is 12.2 Å². The van der Waals surface area contributed by atoms with Crippen molar-refractivity contribution in [2.45, 2.75) is 56.8 Å². The van der Waals surface area contributed by atoms with E-state index in [-0.39, 0.29) is 12.2 Å². The number of likely N-dealkylation sites (tertiary alicyclic amines) is 1. The van der Waals surface area contributed by atoms with Gasteiger partial charge in [0.05, 0.1) is 5.92 Å². The van der Waals surface area contributed by atoms with Crippen molar-refractivity contribution in [2.75, 3.05) is 17.7 Å². The molecule has 4 rings (SSSR count). The molecule has 9 nitrogen and oxygen atoms in total. The lowest BCUT2D eigenvalue weighted by molar-refractivity contribution is -0.170. The summed E-state index contributed by atoms with van der Waals surface area (Å²) in [5.41, 5.74) is 6.81. The molecular weight excluding hydrogens is 489 g/mol. The fraction of sp³-hybridized carbons (Fsp3) is 0.480. The molecule has 2 aliphatic rings. The molecule has 0 bridgehead atoms. The average molecular weight is 519 g/mol. The van der Waals surface area contributed by atoms with Crippen molar-refractivity contribution in [2.24, 2.45) is 11.8 Å². The number of carbonyl (C=O) groups is 3. The Hall–Kier alpha value is -3.70. The molecule has 2 aromatic heterocycles. The van der Waals surface area contributed by atoms with Gasteiger partial charge in [-0.1, -0.05) is 19.3 Å². The van der Waals surface area contributed by atoms with E-state index in [4.69, 9.17) is 5.73 Å². The molecule has 1 aliphatic carbocycles. The summed E-state index contributed by atoms with van der Waals surface area (Å²) in [5.74, 6) is -2.84. The minimum Gasteiger partial charge on any atom is -0.384 e. The van der Waals surface area contributed by atoms with Crippen molar-refractivity contribution in [3.63, 3.8) is 0 Å². The summed E-state index contributed by atoms with van der Waals surface area (Å²) < 4.78 is 41.8. The van der Waals surface area contributed by atoms with Crippen LogP contribution in [-0.4, -0.2) is 58.0 Å². The number of urea groups is 1. The highest BCUT2D eigenvalue weighted by Gasteiger charge is 2.56. The molecule has 198 valence electrons. The maximum atomic E-state index is 13.9. The van der Waals surface area contributed by atoms with E-state index in [1.54, 1.807) is 24.3 Å². The zero-order valence-corrected chi connectivity index (χ0v) is 20.3. The summed E-state index contributed by atoms with van der Waals surface area (Å²) in [7, 11) is 1.47. The number of likely N-dealkylation sites (N-methyl/N-ethyl adjacent to an activating group) is 1. The Morgan fingerprint density at radius 3 is 2.46 bits per heavy atom. The number of imide groups is 1. The second-order valence-electron chi connectivity index (χ2n) is 9.52. The van der Waals surface area contributed by atoms with E-state index in [1.165, 1.54) is 30.5 Å². The standard InChI is InChI=1S/C25H29F3N6O3/c1-33(17-8-10-30-11-9-17)23(36)20-18(13-15-7-12-31-19(29)14-15)22(35)34(20)24(37)32-21(25(26,27)28)16-5-3-2-4-6-16/h7-12,14,16,18,20-21H,2-6,13H2,1H3,(H2,29,31)(H,32,37)/t18-,20+,21?/m1/s1. The second kappa shape index (κ2) is 10.7. The van der Waals surface area contributed by atoms with Gasteiger partial charge in [-0.15, -0.1) is 0 Å². The number of hydrogen-bond acceptors (Lipinski definition) is 6. The number of β-lactam (4-membered cyclic amide) rings is 1. The molecular formula is C25H29F3N6O3. The molecule has 37 heavy (non-hydrogen) atoms. The Kier molecular flexibility index (Phi) is 7.65. The predicted octanol–water partition coefficient (Wildman–Crippen LogP) is 3.31. The minimum absolute atomic E-state index is 0.0707. The maximum Gasteiger partial charge on any atom is 0.408 e.